The highest BCUT2D eigenvalue weighted by atomic mass is 35.5. The van der Waals surface area contributed by atoms with Gasteiger partial charge in [-0.25, -0.2) is 9.97 Å². The molecule has 1 aromatic rings. The van der Waals surface area contributed by atoms with Crippen LogP contribution < -0.4 is 0 Å². The molecule has 1 fully saturated rings. The number of hydrogen-bond acceptors (Lipinski definition) is 3. The molecule has 0 spiro atoms. The topological polar surface area (TPSA) is 46.1 Å². The molecule has 0 bridgehead atoms. The predicted molar refractivity (Wildman–Crippen MR) is 70.5 cm³/mol. The molecular formula is C13H16ClN3O. The molecule has 0 saturated heterocycles. The molecule has 0 aliphatic heterocycles. The third-order valence-corrected chi connectivity index (χ3v) is 3.39. The molecule has 1 aliphatic rings. The lowest BCUT2D eigenvalue weighted by Gasteiger charge is -2.27. The number of hydrogen-bond donors (Lipinski definition) is 0. The first-order chi connectivity index (χ1) is 8.72. The van der Waals surface area contributed by atoms with Gasteiger partial charge in [-0.1, -0.05) is 30.5 Å². The monoisotopic (exact) mass is 265 g/mol. The molecule has 0 unspecified atom stereocenters. The fraction of sp³-hybridized carbons (Fsp3) is 0.462. The van der Waals surface area contributed by atoms with Crippen LogP contribution in [0.25, 0.3) is 0 Å². The maximum Gasteiger partial charge on any atom is 0.274 e. The first-order valence-electron chi connectivity index (χ1n) is 6.12. The van der Waals surface area contributed by atoms with Crippen LogP contribution >= 0.6 is 11.6 Å². The van der Waals surface area contributed by atoms with Gasteiger partial charge in [0.1, 0.15) is 10.8 Å². The molecule has 0 N–H and O–H groups in total. The lowest BCUT2D eigenvalue weighted by molar-refractivity contribution is 0.0700. The summed E-state index contributed by atoms with van der Waals surface area (Å²) in [6.45, 7) is 4.26. The highest BCUT2D eigenvalue weighted by Gasteiger charge is 2.27. The van der Waals surface area contributed by atoms with E-state index >= 15 is 0 Å². The Morgan fingerprint density at radius 3 is 2.72 bits per heavy atom. The summed E-state index contributed by atoms with van der Waals surface area (Å²) in [4.78, 5) is 22.1. The Bertz CT molecular complexity index is 426. The maximum atomic E-state index is 12.4. The number of amides is 1. The molecule has 0 aromatic carbocycles. The quantitative estimate of drug-likeness (QED) is 0.787. The molecule has 1 amide bonds. The van der Waals surface area contributed by atoms with Crippen molar-refractivity contribution in [3.8, 4) is 0 Å². The molecule has 0 atom stereocenters. The standard InChI is InChI=1S/C13H16ClN3O/c1-2-7-17(10-5-3-4-6-10)13(18)11-8-16-12(14)9-15-11/h2,8-10H,1,3-7H2. The molecule has 18 heavy (non-hydrogen) atoms. The zero-order valence-corrected chi connectivity index (χ0v) is 10.9. The van der Waals surface area contributed by atoms with E-state index in [0.29, 0.717) is 23.4 Å². The number of halogens is 1. The third-order valence-electron chi connectivity index (χ3n) is 3.19. The van der Waals surface area contributed by atoms with E-state index in [1.54, 1.807) is 6.08 Å². The van der Waals surface area contributed by atoms with Crippen molar-refractivity contribution >= 4 is 17.5 Å². The van der Waals surface area contributed by atoms with Crippen molar-refractivity contribution in [2.75, 3.05) is 6.54 Å². The average molecular weight is 266 g/mol. The summed E-state index contributed by atoms with van der Waals surface area (Å²) in [6, 6.07) is 0.299. The van der Waals surface area contributed by atoms with Gasteiger partial charge in [0.05, 0.1) is 12.4 Å². The van der Waals surface area contributed by atoms with Crippen LogP contribution in [-0.2, 0) is 0 Å². The zero-order valence-electron chi connectivity index (χ0n) is 10.2. The van der Waals surface area contributed by atoms with E-state index in [0.717, 1.165) is 12.8 Å². The first kappa shape index (κ1) is 13.0. The van der Waals surface area contributed by atoms with Crippen LogP contribution in [0.1, 0.15) is 36.2 Å². The molecule has 1 saturated carbocycles. The number of aromatic nitrogens is 2. The normalized spacial score (nSPS) is 15.6. The van der Waals surface area contributed by atoms with E-state index in [9.17, 15) is 4.79 Å². The molecule has 4 nitrogen and oxygen atoms in total. The highest BCUT2D eigenvalue weighted by Crippen LogP contribution is 2.24. The maximum absolute atomic E-state index is 12.4. The van der Waals surface area contributed by atoms with Crippen molar-refractivity contribution in [1.82, 2.24) is 14.9 Å². The van der Waals surface area contributed by atoms with E-state index in [1.807, 2.05) is 4.90 Å². The SMILES string of the molecule is C=CCN(C(=O)c1cnc(Cl)cn1)C1CCCC1. The van der Waals surface area contributed by atoms with Crippen LogP contribution in [-0.4, -0.2) is 33.4 Å². The first-order valence-corrected chi connectivity index (χ1v) is 6.49. The summed E-state index contributed by atoms with van der Waals surface area (Å²) in [6.07, 6.45) is 9.04. The van der Waals surface area contributed by atoms with Gasteiger partial charge in [-0.3, -0.25) is 4.79 Å². The summed E-state index contributed by atoms with van der Waals surface area (Å²) in [7, 11) is 0. The minimum absolute atomic E-state index is 0.0917. The lowest BCUT2D eigenvalue weighted by Crippen LogP contribution is -2.39. The molecule has 1 heterocycles. The van der Waals surface area contributed by atoms with Gasteiger partial charge in [-0.2, -0.15) is 0 Å². The Morgan fingerprint density at radius 1 is 1.44 bits per heavy atom. The largest absolute Gasteiger partial charge is 0.331 e. The number of nitrogens with zero attached hydrogens (tertiary/aromatic N) is 3. The molecule has 1 aliphatic carbocycles. The Kier molecular flexibility index (Phi) is 4.31. The molecule has 96 valence electrons. The molecular weight excluding hydrogens is 250 g/mol. The summed E-state index contributed by atoms with van der Waals surface area (Å²) in [5, 5.41) is 0.294. The predicted octanol–water partition coefficient (Wildman–Crippen LogP) is 2.70. The van der Waals surface area contributed by atoms with Crippen LogP contribution in [0.3, 0.4) is 0 Å². The van der Waals surface area contributed by atoms with E-state index in [4.69, 9.17) is 11.6 Å². The second-order valence-electron chi connectivity index (χ2n) is 4.41. The van der Waals surface area contributed by atoms with Crippen molar-refractivity contribution in [3.05, 3.63) is 35.9 Å². The van der Waals surface area contributed by atoms with Gasteiger partial charge < -0.3 is 4.90 Å². The Morgan fingerprint density at radius 2 is 2.17 bits per heavy atom. The van der Waals surface area contributed by atoms with Crippen LogP contribution in [0, 0.1) is 0 Å². The average Bonchev–Trinajstić information content (AvgIpc) is 2.90. The van der Waals surface area contributed by atoms with E-state index in [2.05, 4.69) is 16.5 Å². The fourth-order valence-electron chi connectivity index (χ4n) is 2.32. The molecule has 2 rings (SSSR count). The second-order valence-corrected chi connectivity index (χ2v) is 4.80. The van der Waals surface area contributed by atoms with Crippen LogP contribution in [0.2, 0.25) is 5.15 Å². The van der Waals surface area contributed by atoms with Gasteiger partial charge in [0.15, 0.2) is 0 Å². The third kappa shape index (κ3) is 2.88. The van der Waals surface area contributed by atoms with Crippen molar-refractivity contribution < 1.29 is 4.79 Å². The number of carbonyl (C=O) groups excluding carboxylic acids is 1. The summed E-state index contributed by atoms with van der Waals surface area (Å²) < 4.78 is 0. The highest BCUT2D eigenvalue weighted by molar-refractivity contribution is 6.29. The Hall–Kier alpha value is -1.42. The summed E-state index contributed by atoms with van der Waals surface area (Å²) >= 11 is 5.67. The minimum Gasteiger partial charge on any atom is -0.331 e. The van der Waals surface area contributed by atoms with Gasteiger partial charge in [0.25, 0.3) is 5.91 Å². The van der Waals surface area contributed by atoms with Crippen molar-refractivity contribution in [2.45, 2.75) is 31.7 Å². The Labute approximate surface area is 112 Å². The number of carbonyl (C=O) groups is 1. The van der Waals surface area contributed by atoms with Gasteiger partial charge in [-0.15, -0.1) is 6.58 Å². The van der Waals surface area contributed by atoms with Crippen LogP contribution in [0.15, 0.2) is 25.0 Å². The summed E-state index contributed by atoms with van der Waals surface area (Å²) in [5.41, 5.74) is 0.341. The minimum atomic E-state index is -0.0917. The van der Waals surface area contributed by atoms with Crippen molar-refractivity contribution in [3.63, 3.8) is 0 Å². The van der Waals surface area contributed by atoms with E-state index in [-0.39, 0.29) is 5.91 Å². The molecule has 5 heteroatoms. The lowest BCUT2D eigenvalue weighted by atomic mass is 10.2. The van der Waals surface area contributed by atoms with Gasteiger partial charge in [0.2, 0.25) is 0 Å². The fourth-order valence-corrected chi connectivity index (χ4v) is 2.42. The van der Waals surface area contributed by atoms with Crippen molar-refractivity contribution in [1.29, 1.82) is 0 Å². The van der Waals surface area contributed by atoms with E-state index in [1.165, 1.54) is 25.2 Å². The van der Waals surface area contributed by atoms with Gasteiger partial charge >= 0.3 is 0 Å². The molecule has 1 aromatic heterocycles. The Balaban J connectivity index is 2.16. The zero-order chi connectivity index (χ0) is 13.0. The second kappa shape index (κ2) is 5.96. The van der Waals surface area contributed by atoms with Crippen LogP contribution in [0.4, 0.5) is 0 Å². The number of rotatable bonds is 4. The summed E-state index contributed by atoms with van der Waals surface area (Å²) in [5.74, 6) is -0.0917. The van der Waals surface area contributed by atoms with Gasteiger partial charge in [-0.05, 0) is 12.8 Å². The van der Waals surface area contributed by atoms with Crippen molar-refractivity contribution in [2.24, 2.45) is 0 Å². The van der Waals surface area contributed by atoms with Gasteiger partial charge in [0, 0.05) is 12.6 Å². The van der Waals surface area contributed by atoms with Crippen LogP contribution in [0.5, 0.6) is 0 Å². The smallest absolute Gasteiger partial charge is 0.274 e. The molecule has 0 radical (unpaired) electrons. The van der Waals surface area contributed by atoms with E-state index < -0.39 is 0 Å².